The number of hydrogen-bond donors (Lipinski definition) is 0. The van der Waals surface area contributed by atoms with Gasteiger partial charge in [0.25, 0.3) is 0 Å². The van der Waals surface area contributed by atoms with Gasteiger partial charge in [0, 0.05) is 24.7 Å². The van der Waals surface area contributed by atoms with Crippen molar-refractivity contribution >= 4 is 11.6 Å². The molecule has 1 aliphatic carbocycles. The minimum atomic E-state index is 0.0376. The van der Waals surface area contributed by atoms with Gasteiger partial charge in [0.2, 0.25) is 5.91 Å². The number of nitrogens with zero attached hydrogens (tertiary/aromatic N) is 3. The Hall–Kier alpha value is -1.32. The molecule has 0 spiro atoms. The summed E-state index contributed by atoms with van der Waals surface area (Å²) in [6.07, 6.45) is 8.51. The Kier molecular flexibility index (Phi) is 4.04. The van der Waals surface area contributed by atoms with Crippen LogP contribution in [0.3, 0.4) is 0 Å². The number of amides is 1. The molecular weight excluding hydrogens is 226 g/mol. The van der Waals surface area contributed by atoms with E-state index in [1.54, 1.807) is 0 Å². The summed E-state index contributed by atoms with van der Waals surface area (Å²) in [5.41, 5.74) is 0.961. The molecule has 0 bridgehead atoms. The molecular formula is C14H23N3O. The summed E-state index contributed by atoms with van der Waals surface area (Å²) < 4.78 is 1.88. The van der Waals surface area contributed by atoms with Crippen LogP contribution in [0, 0.1) is 5.92 Å². The Balaban J connectivity index is 2.25. The largest absolute Gasteiger partial charge is 0.306 e. The van der Waals surface area contributed by atoms with Crippen LogP contribution in [0.1, 0.15) is 46.5 Å². The van der Waals surface area contributed by atoms with Gasteiger partial charge in [-0.25, -0.2) is 0 Å². The normalized spacial score (nSPS) is 16.4. The van der Waals surface area contributed by atoms with E-state index in [2.05, 4.69) is 12.0 Å². The van der Waals surface area contributed by atoms with Gasteiger partial charge in [-0.1, -0.05) is 26.7 Å². The fourth-order valence-electron chi connectivity index (χ4n) is 2.61. The van der Waals surface area contributed by atoms with Crippen LogP contribution in [0.25, 0.3) is 0 Å². The highest BCUT2D eigenvalue weighted by atomic mass is 16.2. The molecule has 0 atom stereocenters. The van der Waals surface area contributed by atoms with Crippen LogP contribution in [0.2, 0.25) is 0 Å². The van der Waals surface area contributed by atoms with Crippen LogP contribution in [-0.4, -0.2) is 21.7 Å². The fourth-order valence-corrected chi connectivity index (χ4v) is 2.61. The van der Waals surface area contributed by atoms with Crippen molar-refractivity contribution in [2.24, 2.45) is 5.92 Å². The van der Waals surface area contributed by atoms with Crippen LogP contribution < -0.4 is 4.90 Å². The van der Waals surface area contributed by atoms with Gasteiger partial charge in [0.15, 0.2) is 0 Å². The zero-order chi connectivity index (χ0) is 13.1. The Bertz CT molecular complexity index is 405. The van der Waals surface area contributed by atoms with E-state index < -0.39 is 0 Å². The summed E-state index contributed by atoms with van der Waals surface area (Å²) in [4.78, 5) is 14.4. The predicted octanol–water partition coefficient (Wildman–Crippen LogP) is 2.83. The lowest BCUT2D eigenvalue weighted by Gasteiger charge is -2.29. The van der Waals surface area contributed by atoms with Gasteiger partial charge in [0.1, 0.15) is 0 Å². The second-order valence-electron chi connectivity index (χ2n) is 5.36. The number of anilines is 1. The minimum absolute atomic E-state index is 0.0376. The average molecular weight is 249 g/mol. The highest BCUT2D eigenvalue weighted by Gasteiger charge is 2.30. The second-order valence-corrected chi connectivity index (χ2v) is 5.36. The molecule has 0 unspecified atom stereocenters. The van der Waals surface area contributed by atoms with Gasteiger partial charge in [-0.2, -0.15) is 5.10 Å². The zero-order valence-electron chi connectivity index (χ0n) is 11.6. The van der Waals surface area contributed by atoms with Gasteiger partial charge in [-0.3, -0.25) is 9.48 Å². The zero-order valence-corrected chi connectivity index (χ0v) is 11.6. The van der Waals surface area contributed by atoms with Crippen molar-refractivity contribution in [3.8, 4) is 0 Å². The average Bonchev–Trinajstić information content (AvgIpc) is 3.00. The third-order valence-electron chi connectivity index (χ3n) is 3.64. The first kappa shape index (κ1) is 13.1. The van der Waals surface area contributed by atoms with Gasteiger partial charge in [-0.15, -0.1) is 0 Å². The topological polar surface area (TPSA) is 38.1 Å². The third kappa shape index (κ3) is 2.57. The minimum Gasteiger partial charge on any atom is -0.306 e. The monoisotopic (exact) mass is 249 g/mol. The summed E-state index contributed by atoms with van der Waals surface area (Å²) in [6, 6.07) is 0.370. The van der Waals surface area contributed by atoms with Crippen molar-refractivity contribution in [1.82, 2.24) is 9.78 Å². The molecule has 0 N–H and O–H groups in total. The molecule has 1 aromatic heterocycles. The van der Waals surface area contributed by atoms with Crippen molar-refractivity contribution in [3.63, 3.8) is 0 Å². The molecule has 4 nitrogen and oxygen atoms in total. The number of carbonyl (C=O) groups excluding carboxylic acids is 1. The van der Waals surface area contributed by atoms with E-state index in [1.807, 2.05) is 35.8 Å². The highest BCUT2D eigenvalue weighted by molar-refractivity contribution is 5.95. The van der Waals surface area contributed by atoms with Crippen LogP contribution in [0.5, 0.6) is 0 Å². The number of rotatable bonds is 4. The molecule has 1 aromatic rings. The standard InChI is InChI=1S/C14H23N3O/c1-4-16-10-13(9-15-16)17(14(18)11(2)3)12-7-5-6-8-12/h9-12H,4-8H2,1-3H3. The molecule has 18 heavy (non-hydrogen) atoms. The fraction of sp³-hybridized carbons (Fsp3) is 0.714. The molecule has 1 aliphatic rings. The second kappa shape index (κ2) is 5.55. The molecule has 0 radical (unpaired) electrons. The van der Waals surface area contributed by atoms with E-state index >= 15 is 0 Å². The summed E-state index contributed by atoms with van der Waals surface area (Å²) in [6.45, 7) is 6.83. The van der Waals surface area contributed by atoms with Crippen molar-refractivity contribution in [3.05, 3.63) is 12.4 Å². The SMILES string of the molecule is CCn1cc(N(C(=O)C(C)C)C2CCCC2)cn1. The summed E-state index contributed by atoms with van der Waals surface area (Å²) >= 11 is 0. The predicted molar refractivity (Wildman–Crippen MR) is 72.5 cm³/mol. The Morgan fingerprint density at radius 3 is 2.67 bits per heavy atom. The first-order chi connectivity index (χ1) is 8.63. The number of aromatic nitrogens is 2. The van der Waals surface area contributed by atoms with Crippen LogP contribution in [-0.2, 0) is 11.3 Å². The summed E-state index contributed by atoms with van der Waals surface area (Å²) in [5.74, 6) is 0.258. The quantitative estimate of drug-likeness (QED) is 0.823. The molecule has 100 valence electrons. The van der Waals surface area contributed by atoms with E-state index in [0.29, 0.717) is 6.04 Å². The molecule has 4 heteroatoms. The van der Waals surface area contributed by atoms with E-state index in [1.165, 1.54) is 12.8 Å². The lowest BCUT2D eigenvalue weighted by atomic mass is 10.1. The third-order valence-corrected chi connectivity index (χ3v) is 3.64. The number of hydrogen-bond acceptors (Lipinski definition) is 2. The number of carbonyl (C=O) groups is 1. The smallest absolute Gasteiger partial charge is 0.229 e. The van der Waals surface area contributed by atoms with Crippen molar-refractivity contribution in [2.45, 2.75) is 59.0 Å². The Labute approximate surface area is 109 Å². The van der Waals surface area contributed by atoms with Crippen molar-refractivity contribution in [2.75, 3.05) is 4.90 Å². The van der Waals surface area contributed by atoms with Gasteiger partial charge < -0.3 is 4.90 Å². The van der Waals surface area contributed by atoms with E-state index in [-0.39, 0.29) is 11.8 Å². The Morgan fingerprint density at radius 1 is 1.50 bits per heavy atom. The maximum Gasteiger partial charge on any atom is 0.229 e. The highest BCUT2D eigenvalue weighted by Crippen LogP contribution is 2.29. The van der Waals surface area contributed by atoms with Crippen LogP contribution >= 0.6 is 0 Å². The van der Waals surface area contributed by atoms with E-state index in [0.717, 1.165) is 25.1 Å². The molecule has 1 fully saturated rings. The molecule has 1 amide bonds. The van der Waals surface area contributed by atoms with E-state index in [4.69, 9.17) is 0 Å². The van der Waals surface area contributed by atoms with Gasteiger partial charge in [-0.05, 0) is 19.8 Å². The van der Waals surface area contributed by atoms with Crippen LogP contribution in [0.4, 0.5) is 5.69 Å². The van der Waals surface area contributed by atoms with E-state index in [9.17, 15) is 4.79 Å². The maximum absolute atomic E-state index is 12.4. The first-order valence-corrected chi connectivity index (χ1v) is 6.99. The maximum atomic E-state index is 12.4. The van der Waals surface area contributed by atoms with Crippen molar-refractivity contribution in [1.29, 1.82) is 0 Å². The summed E-state index contributed by atoms with van der Waals surface area (Å²) in [5, 5.41) is 4.29. The lowest BCUT2D eigenvalue weighted by molar-refractivity contribution is -0.121. The van der Waals surface area contributed by atoms with Gasteiger partial charge >= 0.3 is 0 Å². The molecule has 1 heterocycles. The van der Waals surface area contributed by atoms with Gasteiger partial charge in [0.05, 0.1) is 11.9 Å². The Morgan fingerprint density at radius 2 is 2.17 bits per heavy atom. The summed E-state index contributed by atoms with van der Waals surface area (Å²) in [7, 11) is 0. The molecule has 0 aromatic carbocycles. The lowest BCUT2D eigenvalue weighted by Crippen LogP contribution is -2.41. The molecule has 2 rings (SSSR count). The van der Waals surface area contributed by atoms with Crippen molar-refractivity contribution < 1.29 is 4.79 Å². The first-order valence-electron chi connectivity index (χ1n) is 6.99. The number of aryl methyl sites for hydroxylation is 1. The molecule has 1 saturated carbocycles. The molecule has 0 aliphatic heterocycles. The van der Waals surface area contributed by atoms with Crippen LogP contribution in [0.15, 0.2) is 12.4 Å². The molecule has 0 saturated heterocycles.